The van der Waals surface area contributed by atoms with Crippen LogP contribution in [0.25, 0.3) is 0 Å². The molecule has 0 bridgehead atoms. The molecule has 0 saturated carbocycles. The van der Waals surface area contributed by atoms with E-state index in [1.807, 2.05) is 26.0 Å². The van der Waals surface area contributed by atoms with E-state index in [0.717, 1.165) is 5.56 Å². The minimum Gasteiger partial charge on any atom is -0.494 e. The topological polar surface area (TPSA) is 127 Å². The number of pyridine rings is 1. The SMILES string of the molecule is CCOc1ccc(S(=O)(=O)NCCNc2cc(Nc3cc(C)ccn3)nc(C)n2)c(OCC)c1. The molecule has 34 heavy (non-hydrogen) atoms. The van der Waals surface area contributed by atoms with Crippen LogP contribution in [0.4, 0.5) is 17.5 Å². The second kappa shape index (κ2) is 11.6. The van der Waals surface area contributed by atoms with Crippen LogP contribution >= 0.6 is 0 Å². The summed E-state index contributed by atoms with van der Waals surface area (Å²) in [6.45, 7) is 8.69. The van der Waals surface area contributed by atoms with E-state index in [0.29, 0.717) is 48.8 Å². The number of nitrogens with one attached hydrogen (secondary N) is 3. The molecule has 0 fully saturated rings. The maximum Gasteiger partial charge on any atom is 0.244 e. The maximum atomic E-state index is 12.8. The van der Waals surface area contributed by atoms with Gasteiger partial charge in [-0.15, -0.1) is 0 Å². The number of hydrogen-bond donors (Lipinski definition) is 3. The third-order valence-electron chi connectivity index (χ3n) is 4.55. The first-order valence-electron chi connectivity index (χ1n) is 11.0. The number of ether oxygens (including phenoxy) is 2. The van der Waals surface area contributed by atoms with Gasteiger partial charge in [0, 0.05) is 31.4 Å². The molecule has 3 aromatic rings. The molecule has 0 aliphatic heterocycles. The zero-order chi connectivity index (χ0) is 24.6. The smallest absolute Gasteiger partial charge is 0.244 e. The molecule has 0 unspecified atom stereocenters. The van der Waals surface area contributed by atoms with E-state index < -0.39 is 10.0 Å². The highest BCUT2D eigenvalue weighted by molar-refractivity contribution is 7.89. The Morgan fingerprint density at radius 1 is 0.882 bits per heavy atom. The van der Waals surface area contributed by atoms with Gasteiger partial charge < -0.3 is 20.1 Å². The predicted molar refractivity (Wildman–Crippen MR) is 131 cm³/mol. The van der Waals surface area contributed by atoms with Gasteiger partial charge in [0.05, 0.1) is 13.2 Å². The lowest BCUT2D eigenvalue weighted by Crippen LogP contribution is -2.29. The minimum absolute atomic E-state index is 0.0628. The quantitative estimate of drug-likeness (QED) is 0.330. The lowest BCUT2D eigenvalue weighted by molar-refractivity contribution is 0.317. The molecule has 0 aliphatic rings. The number of aryl methyl sites for hydroxylation is 2. The first-order chi connectivity index (χ1) is 16.3. The summed E-state index contributed by atoms with van der Waals surface area (Å²) in [6, 6.07) is 10.2. The second-order valence-corrected chi connectivity index (χ2v) is 9.06. The number of rotatable bonds is 12. The van der Waals surface area contributed by atoms with Crippen molar-refractivity contribution in [1.82, 2.24) is 19.7 Å². The van der Waals surface area contributed by atoms with Crippen molar-refractivity contribution in [2.45, 2.75) is 32.6 Å². The fraction of sp³-hybridized carbons (Fsp3) is 0.348. The van der Waals surface area contributed by atoms with E-state index in [1.54, 1.807) is 38.2 Å². The highest BCUT2D eigenvalue weighted by Gasteiger charge is 2.20. The van der Waals surface area contributed by atoms with Gasteiger partial charge in [0.1, 0.15) is 39.7 Å². The molecule has 2 heterocycles. The fourth-order valence-electron chi connectivity index (χ4n) is 3.15. The van der Waals surface area contributed by atoms with Crippen molar-refractivity contribution in [3.8, 4) is 11.5 Å². The van der Waals surface area contributed by atoms with Crippen LogP contribution in [-0.2, 0) is 10.0 Å². The zero-order valence-corrected chi connectivity index (χ0v) is 20.6. The molecule has 182 valence electrons. The third kappa shape index (κ3) is 7.03. The van der Waals surface area contributed by atoms with Crippen LogP contribution in [-0.4, -0.2) is 49.7 Å². The van der Waals surface area contributed by atoms with Crippen LogP contribution in [0.3, 0.4) is 0 Å². The number of aromatic nitrogens is 3. The summed E-state index contributed by atoms with van der Waals surface area (Å²) in [5.74, 6) is 3.20. The predicted octanol–water partition coefficient (Wildman–Crippen LogP) is 3.42. The van der Waals surface area contributed by atoms with Gasteiger partial charge >= 0.3 is 0 Å². The molecule has 0 atom stereocenters. The number of sulfonamides is 1. The molecule has 1 aromatic carbocycles. The number of benzene rings is 1. The lowest BCUT2D eigenvalue weighted by atomic mass is 10.3. The van der Waals surface area contributed by atoms with Crippen LogP contribution in [0.1, 0.15) is 25.2 Å². The highest BCUT2D eigenvalue weighted by atomic mass is 32.2. The molecule has 10 nitrogen and oxygen atoms in total. The first-order valence-corrected chi connectivity index (χ1v) is 12.5. The van der Waals surface area contributed by atoms with E-state index in [1.165, 1.54) is 6.07 Å². The Bertz CT molecular complexity index is 1220. The summed E-state index contributed by atoms with van der Waals surface area (Å²) in [5, 5.41) is 6.28. The maximum absolute atomic E-state index is 12.8. The van der Waals surface area contributed by atoms with Crippen LogP contribution < -0.4 is 24.8 Å². The Morgan fingerprint density at radius 3 is 2.38 bits per heavy atom. The summed E-state index contributed by atoms with van der Waals surface area (Å²) < 4.78 is 39.2. The Kier molecular flexibility index (Phi) is 8.61. The average Bonchev–Trinajstić information content (AvgIpc) is 2.77. The van der Waals surface area contributed by atoms with E-state index in [2.05, 4.69) is 30.3 Å². The monoisotopic (exact) mass is 486 g/mol. The van der Waals surface area contributed by atoms with Crippen molar-refractivity contribution < 1.29 is 17.9 Å². The first kappa shape index (κ1) is 25.2. The minimum atomic E-state index is -3.78. The summed E-state index contributed by atoms with van der Waals surface area (Å²) in [7, 11) is -3.78. The van der Waals surface area contributed by atoms with Crippen molar-refractivity contribution in [3.63, 3.8) is 0 Å². The van der Waals surface area contributed by atoms with Crippen molar-refractivity contribution in [2.75, 3.05) is 36.9 Å². The largest absolute Gasteiger partial charge is 0.494 e. The van der Waals surface area contributed by atoms with Gasteiger partial charge in [-0.05, 0) is 57.5 Å². The van der Waals surface area contributed by atoms with Gasteiger partial charge in [-0.1, -0.05) is 0 Å². The molecular weight excluding hydrogens is 456 g/mol. The Labute approximate surface area is 200 Å². The highest BCUT2D eigenvalue weighted by Crippen LogP contribution is 2.28. The zero-order valence-electron chi connectivity index (χ0n) is 19.8. The molecule has 11 heteroatoms. The van der Waals surface area contributed by atoms with Crippen molar-refractivity contribution in [3.05, 3.63) is 54.0 Å². The average molecular weight is 487 g/mol. The van der Waals surface area contributed by atoms with Crippen LogP contribution in [0.15, 0.2) is 47.5 Å². The van der Waals surface area contributed by atoms with Crippen molar-refractivity contribution >= 4 is 27.5 Å². The summed E-state index contributed by atoms with van der Waals surface area (Å²) >= 11 is 0. The van der Waals surface area contributed by atoms with Crippen molar-refractivity contribution in [2.24, 2.45) is 0 Å². The van der Waals surface area contributed by atoms with Crippen LogP contribution in [0, 0.1) is 13.8 Å². The number of anilines is 3. The summed E-state index contributed by atoms with van der Waals surface area (Å²) in [6.07, 6.45) is 1.72. The molecular formula is C23H30N6O4S. The Balaban J connectivity index is 1.62. The Hall–Kier alpha value is -3.44. The molecule has 3 N–H and O–H groups in total. The molecule has 2 aromatic heterocycles. The third-order valence-corrected chi connectivity index (χ3v) is 6.05. The van der Waals surface area contributed by atoms with Gasteiger partial charge in [-0.2, -0.15) is 0 Å². The van der Waals surface area contributed by atoms with Gasteiger partial charge in [-0.3, -0.25) is 0 Å². The second-order valence-electron chi connectivity index (χ2n) is 7.33. The molecule has 0 saturated heterocycles. The Morgan fingerprint density at radius 2 is 1.65 bits per heavy atom. The fourth-order valence-corrected chi connectivity index (χ4v) is 4.30. The van der Waals surface area contributed by atoms with E-state index in [-0.39, 0.29) is 17.2 Å². The molecule has 0 spiro atoms. The number of hydrogen-bond acceptors (Lipinski definition) is 9. The molecule has 3 rings (SSSR count). The molecule has 0 aliphatic carbocycles. The van der Waals surface area contributed by atoms with Gasteiger partial charge in [-0.25, -0.2) is 28.1 Å². The van der Waals surface area contributed by atoms with Gasteiger partial charge in [0.25, 0.3) is 0 Å². The van der Waals surface area contributed by atoms with E-state index in [4.69, 9.17) is 9.47 Å². The van der Waals surface area contributed by atoms with Gasteiger partial charge in [0.15, 0.2) is 0 Å². The summed E-state index contributed by atoms with van der Waals surface area (Å²) in [4.78, 5) is 13.1. The molecule has 0 amide bonds. The summed E-state index contributed by atoms with van der Waals surface area (Å²) in [5.41, 5.74) is 1.08. The normalized spacial score (nSPS) is 11.2. The van der Waals surface area contributed by atoms with E-state index >= 15 is 0 Å². The van der Waals surface area contributed by atoms with Crippen LogP contribution in [0.2, 0.25) is 0 Å². The van der Waals surface area contributed by atoms with Crippen molar-refractivity contribution in [1.29, 1.82) is 0 Å². The lowest BCUT2D eigenvalue weighted by Gasteiger charge is -2.14. The van der Waals surface area contributed by atoms with Crippen LogP contribution in [0.5, 0.6) is 11.5 Å². The van der Waals surface area contributed by atoms with E-state index in [9.17, 15) is 8.42 Å². The number of nitrogens with zero attached hydrogens (tertiary/aromatic N) is 3. The standard InChI is InChI=1S/C23H30N6O4S/c1-5-32-18-7-8-20(19(14-18)33-6-2)34(30,31)26-12-11-25-22-15-23(28-17(4)27-22)29-21-13-16(3)9-10-24-21/h7-10,13-15,26H,5-6,11-12H2,1-4H3,(H2,24,25,27,28,29). The molecule has 0 radical (unpaired) electrons. The van der Waals surface area contributed by atoms with Gasteiger partial charge in [0.2, 0.25) is 10.0 Å².